The molecule has 24 heavy (non-hydrogen) atoms. The minimum absolute atomic E-state index is 0.0368. The summed E-state index contributed by atoms with van der Waals surface area (Å²) in [6.45, 7) is 1.60. The molecule has 2 aromatic rings. The van der Waals surface area contributed by atoms with Crippen molar-refractivity contribution >= 4 is 17.2 Å². The Morgan fingerprint density at radius 3 is 2.79 bits per heavy atom. The Morgan fingerprint density at radius 1 is 1.25 bits per heavy atom. The van der Waals surface area contributed by atoms with Gasteiger partial charge in [-0.3, -0.25) is 4.79 Å². The highest BCUT2D eigenvalue weighted by Crippen LogP contribution is 2.32. The zero-order chi connectivity index (χ0) is 16.4. The van der Waals surface area contributed by atoms with Crippen LogP contribution in [-0.4, -0.2) is 41.1 Å². The standard InChI is InChI=1S/C19H22N2O2S/c22-19(16-12-24-13-20-16)21-9-8-18(23-11-15-6-7-15)17(21)10-14-4-2-1-3-5-14/h1-5,12-13,15,17-18H,6-11H2/t17-,18+/m0/s1. The second-order valence-corrected chi connectivity index (χ2v) is 7.45. The molecule has 4 nitrogen and oxygen atoms in total. The first kappa shape index (κ1) is 15.8. The molecular weight excluding hydrogens is 320 g/mol. The highest BCUT2D eigenvalue weighted by atomic mass is 32.1. The largest absolute Gasteiger partial charge is 0.376 e. The maximum absolute atomic E-state index is 12.8. The van der Waals surface area contributed by atoms with E-state index in [0.29, 0.717) is 5.69 Å². The van der Waals surface area contributed by atoms with Crippen LogP contribution in [0.2, 0.25) is 0 Å². The second-order valence-electron chi connectivity index (χ2n) is 6.73. The van der Waals surface area contributed by atoms with Crippen molar-refractivity contribution in [2.75, 3.05) is 13.2 Å². The minimum Gasteiger partial charge on any atom is -0.376 e. The lowest BCUT2D eigenvalue weighted by molar-refractivity contribution is 0.0199. The van der Waals surface area contributed by atoms with E-state index in [1.165, 1.54) is 29.7 Å². The summed E-state index contributed by atoms with van der Waals surface area (Å²) >= 11 is 1.47. The van der Waals surface area contributed by atoms with Crippen LogP contribution >= 0.6 is 11.3 Å². The summed E-state index contributed by atoms with van der Waals surface area (Å²) in [5.41, 5.74) is 3.53. The summed E-state index contributed by atoms with van der Waals surface area (Å²) < 4.78 is 6.20. The third-order valence-electron chi connectivity index (χ3n) is 4.93. The molecule has 5 heteroatoms. The molecule has 1 aliphatic carbocycles. The van der Waals surface area contributed by atoms with E-state index in [-0.39, 0.29) is 18.1 Å². The average Bonchev–Trinajstić information content (AvgIpc) is 3.12. The first-order valence-electron chi connectivity index (χ1n) is 8.66. The molecule has 0 radical (unpaired) electrons. The third-order valence-corrected chi connectivity index (χ3v) is 5.51. The lowest BCUT2D eigenvalue weighted by Gasteiger charge is -2.28. The molecule has 0 spiro atoms. The summed E-state index contributed by atoms with van der Waals surface area (Å²) in [6, 6.07) is 10.5. The number of thiazole rings is 1. The van der Waals surface area contributed by atoms with Gasteiger partial charge in [0, 0.05) is 18.5 Å². The van der Waals surface area contributed by atoms with Crippen molar-refractivity contribution in [2.24, 2.45) is 5.92 Å². The van der Waals surface area contributed by atoms with Gasteiger partial charge in [-0.25, -0.2) is 4.98 Å². The van der Waals surface area contributed by atoms with Gasteiger partial charge in [0.2, 0.25) is 0 Å². The van der Waals surface area contributed by atoms with E-state index < -0.39 is 0 Å². The number of carbonyl (C=O) groups is 1. The van der Waals surface area contributed by atoms with Crippen LogP contribution in [0, 0.1) is 5.92 Å². The van der Waals surface area contributed by atoms with Crippen molar-refractivity contribution in [3.05, 3.63) is 52.5 Å². The van der Waals surface area contributed by atoms with Gasteiger partial charge < -0.3 is 9.64 Å². The summed E-state index contributed by atoms with van der Waals surface area (Å²) in [7, 11) is 0. The number of carbonyl (C=O) groups excluding carboxylic acids is 1. The summed E-state index contributed by atoms with van der Waals surface area (Å²) in [6.07, 6.45) is 4.47. The van der Waals surface area contributed by atoms with Crippen LogP contribution < -0.4 is 0 Å². The Balaban J connectivity index is 1.51. The van der Waals surface area contributed by atoms with Gasteiger partial charge in [-0.05, 0) is 37.2 Å². The van der Waals surface area contributed by atoms with Crippen molar-refractivity contribution in [2.45, 2.75) is 37.8 Å². The molecule has 1 saturated heterocycles. The van der Waals surface area contributed by atoms with Gasteiger partial charge in [0.05, 0.1) is 17.7 Å². The predicted molar refractivity (Wildman–Crippen MR) is 94.2 cm³/mol. The second kappa shape index (κ2) is 7.03. The number of rotatable bonds is 6. The molecule has 1 aliphatic heterocycles. The average molecular weight is 342 g/mol. The number of amides is 1. The Hall–Kier alpha value is -1.72. The maximum atomic E-state index is 12.8. The van der Waals surface area contributed by atoms with E-state index in [2.05, 4.69) is 29.2 Å². The topological polar surface area (TPSA) is 42.4 Å². The van der Waals surface area contributed by atoms with Crippen LogP contribution in [-0.2, 0) is 11.2 Å². The third kappa shape index (κ3) is 3.52. The van der Waals surface area contributed by atoms with Crippen LogP contribution in [0.1, 0.15) is 35.3 Å². The number of hydrogen-bond donors (Lipinski definition) is 0. The molecule has 2 aliphatic rings. The molecule has 1 saturated carbocycles. The fourth-order valence-electron chi connectivity index (χ4n) is 3.38. The van der Waals surface area contributed by atoms with Gasteiger partial charge in [0.15, 0.2) is 0 Å². The molecule has 2 heterocycles. The highest BCUT2D eigenvalue weighted by Gasteiger charge is 2.39. The van der Waals surface area contributed by atoms with E-state index in [0.717, 1.165) is 31.9 Å². The summed E-state index contributed by atoms with van der Waals surface area (Å²) in [4.78, 5) is 19.0. The van der Waals surface area contributed by atoms with Crippen LogP contribution in [0.5, 0.6) is 0 Å². The molecule has 2 fully saturated rings. The molecule has 1 aromatic heterocycles. The number of aromatic nitrogens is 1. The molecule has 0 bridgehead atoms. The van der Waals surface area contributed by atoms with Crippen LogP contribution in [0.3, 0.4) is 0 Å². The Kier molecular flexibility index (Phi) is 4.63. The van der Waals surface area contributed by atoms with Crippen molar-refractivity contribution in [1.29, 1.82) is 0 Å². The number of hydrogen-bond acceptors (Lipinski definition) is 4. The monoisotopic (exact) mass is 342 g/mol. The van der Waals surface area contributed by atoms with Crippen LogP contribution in [0.25, 0.3) is 0 Å². The van der Waals surface area contributed by atoms with Crippen molar-refractivity contribution in [3.8, 4) is 0 Å². The zero-order valence-electron chi connectivity index (χ0n) is 13.6. The van der Waals surface area contributed by atoms with Crippen molar-refractivity contribution in [3.63, 3.8) is 0 Å². The number of nitrogens with zero attached hydrogens (tertiary/aromatic N) is 2. The molecule has 0 N–H and O–H groups in total. The van der Waals surface area contributed by atoms with E-state index in [9.17, 15) is 4.79 Å². The van der Waals surface area contributed by atoms with E-state index in [4.69, 9.17) is 4.74 Å². The van der Waals surface area contributed by atoms with Crippen LogP contribution in [0.15, 0.2) is 41.2 Å². The van der Waals surface area contributed by atoms with Gasteiger partial charge in [0.25, 0.3) is 5.91 Å². The van der Waals surface area contributed by atoms with E-state index in [1.54, 1.807) is 5.51 Å². The van der Waals surface area contributed by atoms with Gasteiger partial charge in [-0.1, -0.05) is 30.3 Å². The zero-order valence-corrected chi connectivity index (χ0v) is 14.5. The van der Waals surface area contributed by atoms with Gasteiger partial charge >= 0.3 is 0 Å². The van der Waals surface area contributed by atoms with Gasteiger partial charge in [-0.2, -0.15) is 0 Å². The Morgan fingerprint density at radius 2 is 2.08 bits per heavy atom. The van der Waals surface area contributed by atoms with Crippen molar-refractivity contribution < 1.29 is 9.53 Å². The van der Waals surface area contributed by atoms with Gasteiger partial charge in [0.1, 0.15) is 5.69 Å². The molecule has 2 atom stereocenters. The predicted octanol–water partition coefficient (Wildman–Crippen LogP) is 3.40. The molecule has 4 rings (SSSR count). The SMILES string of the molecule is O=C(c1cscn1)N1CC[C@@H](OCC2CC2)[C@@H]1Cc1ccccc1. The smallest absolute Gasteiger partial charge is 0.273 e. The molecule has 126 valence electrons. The molecule has 1 aromatic carbocycles. The molecule has 0 unspecified atom stereocenters. The normalized spacial score (nSPS) is 23.6. The van der Waals surface area contributed by atoms with E-state index >= 15 is 0 Å². The maximum Gasteiger partial charge on any atom is 0.273 e. The van der Waals surface area contributed by atoms with Crippen molar-refractivity contribution in [1.82, 2.24) is 9.88 Å². The summed E-state index contributed by atoms with van der Waals surface area (Å²) in [5, 5.41) is 1.83. The molecule has 1 amide bonds. The fourth-order valence-corrected chi connectivity index (χ4v) is 3.90. The Bertz CT molecular complexity index is 670. The highest BCUT2D eigenvalue weighted by molar-refractivity contribution is 7.07. The summed E-state index contributed by atoms with van der Waals surface area (Å²) in [5.74, 6) is 0.778. The number of ether oxygens (including phenoxy) is 1. The van der Waals surface area contributed by atoms with Crippen LogP contribution in [0.4, 0.5) is 0 Å². The van der Waals surface area contributed by atoms with Gasteiger partial charge in [-0.15, -0.1) is 11.3 Å². The fraction of sp³-hybridized carbons (Fsp3) is 0.474. The Labute approximate surface area is 146 Å². The lowest BCUT2D eigenvalue weighted by Crippen LogP contribution is -2.42. The first-order chi connectivity index (χ1) is 11.8. The number of benzene rings is 1. The minimum atomic E-state index is 0.0368. The van der Waals surface area contributed by atoms with E-state index in [1.807, 2.05) is 16.3 Å². The number of likely N-dealkylation sites (tertiary alicyclic amines) is 1. The quantitative estimate of drug-likeness (QED) is 0.808. The lowest BCUT2D eigenvalue weighted by atomic mass is 10.0. The first-order valence-corrected chi connectivity index (χ1v) is 9.60. The molecular formula is C19H22N2O2S.